The molecular formula is C39H50FN5O10S. The Balaban J connectivity index is 1.40. The van der Waals surface area contributed by atoms with Gasteiger partial charge in [0.25, 0.3) is 5.91 Å². The van der Waals surface area contributed by atoms with Crippen molar-refractivity contribution in [2.45, 2.75) is 128 Å². The fraction of sp³-hybridized carbons (Fsp3) is 0.590. The van der Waals surface area contributed by atoms with Crippen molar-refractivity contribution in [1.29, 1.82) is 0 Å². The maximum Gasteiger partial charge on any atom is 0.410 e. The van der Waals surface area contributed by atoms with E-state index in [1.807, 2.05) is 20.8 Å². The third-order valence-electron chi connectivity index (χ3n) is 9.78. The van der Waals surface area contributed by atoms with Crippen molar-refractivity contribution in [3.63, 3.8) is 0 Å². The van der Waals surface area contributed by atoms with Gasteiger partial charge in [0.15, 0.2) is 0 Å². The van der Waals surface area contributed by atoms with Crippen LogP contribution < -0.4 is 15.4 Å². The number of Topliss-reactive ketones (excluding diaryl/α,β-unsaturated/α-hetero) is 1. The number of amides is 5. The van der Waals surface area contributed by atoms with Gasteiger partial charge >= 0.3 is 12.2 Å². The Bertz CT molecular complexity index is 1980. The number of nitrogens with zero attached hydrogens (tertiary/aromatic N) is 2. The quantitative estimate of drug-likeness (QED) is 0.160. The molecule has 304 valence electrons. The number of benzene rings is 1. The number of hydrogen-bond acceptors (Lipinski definition) is 10. The molecule has 3 fully saturated rings. The van der Waals surface area contributed by atoms with E-state index in [9.17, 15) is 41.6 Å². The minimum absolute atomic E-state index is 0.0416. The third kappa shape index (κ3) is 10.2. The lowest BCUT2D eigenvalue weighted by atomic mass is 9.97. The molecule has 15 nitrogen and oxygen atoms in total. The van der Waals surface area contributed by atoms with Crippen LogP contribution in [-0.2, 0) is 51.8 Å². The Hall–Kier alpha value is -4.98. The number of likely N-dealkylation sites (tertiary alicyclic amines) is 1. The molecular weight excluding hydrogens is 750 g/mol. The summed E-state index contributed by atoms with van der Waals surface area (Å²) in [6.45, 7) is 13.7. The first-order valence-corrected chi connectivity index (χ1v) is 20.1. The minimum atomic E-state index is -3.98. The molecule has 1 aromatic carbocycles. The Morgan fingerprint density at radius 2 is 1.79 bits per heavy atom. The highest BCUT2D eigenvalue weighted by molar-refractivity contribution is 7.91. The van der Waals surface area contributed by atoms with Crippen molar-refractivity contribution < 1.29 is 51.0 Å². The van der Waals surface area contributed by atoms with Gasteiger partial charge in [0.1, 0.15) is 35.1 Å². The molecule has 4 aliphatic rings. The number of carbonyl (C=O) groups is 6. The largest absolute Gasteiger partial charge is 0.444 e. The summed E-state index contributed by atoms with van der Waals surface area (Å²) in [6, 6.07) is 1.71. The molecule has 0 radical (unpaired) electrons. The van der Waals surface area contributed by atoms with Crippen molar-refractivity contribution >= 4 is 45.7 Å². The van der Waals surface area contributed by atoms with E-state index in [0.717, 1.165) is 4.90 Å². The molecule has 5 amide bonds. The van der Waals surface area contributed by atoms with Gasteiger partial charge in [0.2, 0.25) is 27.6 Å². The summed E-state index contributed by atoms with van der Waals surface area (Å²) >= 11 is 0. The molecule has 1 saturated heterocycles. The van der Waals surface area contributed by atoms with Crippen molar-refractivity contribution in [2.24, 2.45) is 11.3 Å². The second-order valence-electron chi connectivity index (χ2n) is 16.8. The maximum absolute atomic E-state index is 14.5. The van der Waals surface area contributed by atoms with Crippen LogP contribution in [-0.4, -0.2) is 95.0 Å². The first-order valence-electron chi connectivity index (χ1n) is 18.6. The van der Waals surface area contributed by atoms with Crippen LogP contribution in [0.3, 0.4) is 0 Å². The predicted octanol–water partition coefficient (Wildman–Crippen LogP) is 3.21. The van der Waals surface area contributed by atoms with Crippen LogP contribution in [0.25, 0.3) is 0 Å². The van der Waals surface area contributed by atoms with E-state index in [0.29, 0.717) is 24.0 Å². The summed E-state index contributed by atoms with van der Waals surface area (Å²) in [5, 5.41) is 4.46. The van der Waals surface area contributed by atoms with Gasteiger partial charge in [-0.25, -0.2) is 22.4 Å². The fourth-order valence-corrected chi connectivity index (χ4v) is 7.99. The van der Waals surface area contributed by atoms with Gasteiger partial charge in [0.05, 0.1) is 18.3 Å². The van der Waals surface area contributed by atoms with Crippen molar-refractivity contribution in [3.05, 3.63) is 47.8 Å². The molecule has 2 aliphatic heterocycles. The highest BCUT2D eigenvalue weighted by atomic mass is 32.2. The molecule has 56 heavy (non-hydrogen) atoms. The third-order valence-corrected chi connectivity index (χ3v) is 11.6. The lowest BCUT2D eigenvalue weighted by Gasteiger charge is -2.30. The number of fused-ring (bicyclic) bond motifs is 1. The number of alkyl carbamates (subject to hydrolysis) is 1. The number of halogens is 1. The van der Waals surface area contributed by atoms with E-state index in [-0.39, 0.29) is 45.3 Å². The lowest BCUT2D eigenvalue weighted by Crippen LogP contribution is -2.58. The van der Waals surface area contributed by atoms with Gasteiger partial charge < -0.3 is 25.0 Å². The standard InChI is InChI=1S/C39H50FN5O10S/c1-8-24-19-39(24,34(49)43-56(52,53)27-13-14-27)42-32(47)31-18-26(54-36(51)44-20-23-10-9-11-29(40)28(23)22-44)21-45(31)33(48)30(41-35(50)55-38(5,6)7)15-12-25(46)16-17-37(2,3)4/h8-11,24,26-27,30-31H,1,12-15,18-22H2,2-7H3,(H,41,50)(H,42,47)(H,43,49). The Kier molecular flexibility index (Phi) is 12.0. The van der Waals surface area contributed by atoms with Gasteiger partial charge in [-0.3, -0.25) is 28.8 Å². The van der Waals surface area contributed by atoms with Gasteiger partial charge in [-0.15, -0.1) is 6.58 Å². The number of ether oxygens (including phenoxy) is 2. The Labute approximate surface area is 326 Å². The summed E-state index contributed by atoms with van der Waals surface area (Å²) in [5.41, 5.74) is -2.16. The summed E-state index contributed by atoms with van der Waals surface area (Å²) < 4.78 is 53.1. The molecule has 5 unspecified atom stereocenters. The van der Waals surface area contributed by atoms with Gasteiger partial charge in [-0.05, 0) is 84.8 Å². The van der Waals surface area contributed by atoms with E-state index < -0.39 is 97.4 Å². The number of carbonyl (C=O) groups excluding carboxylic acids is 6. The van der Waals surface area contributed by atoms with E-state index in [1.54, 1.807) is 26.8 Å². The van der Waals surface area contributed by atoms with Gasteiger partial charge in [-0.2, -0.15) is 0 Å². The highest BCUT2D eigenvalue weighted by Gasteiger charge is 2.62. The first-order chi connectivity index (χ1) is 26.0. The maximum atomic E-state index is 14.5. The van der Waals surface area contributed by atoms with Crippen molar-refractivity contribution in [1.82, 2.24) is 25.2 Å². The van der Waals surface area contributed by atoms with Crippen LogP contribution in [0.5, 0.6) is 0 Å². The number of nitrogens with one attached hydrogen (secondary N) is 3. The van der Waals surface area contributed by atoms with Crippen LogP contribution >= 0.6 is 0 Å². The summed E-state index contributed by atoms with van der Waals surface area (Å²) in [5.74, 6) is 1.20. The smallest absolute Gasteiger partial charge is 0.410 e. The van der Waals surface area contributed by atoms with Gasteiger partial charge in [-0.1, -0.05) is 24.1 Å². The number of rotatable bonds is 12. The summed E-state index contributed by atoms with van der Waals surface area (Å²) in [6.07, 6.45) is -1.32. The minimum Gasteiger partial charge on any atom is -0.444 e. The topological polar surface area (TPSA) is 198 Å². The molecule has 17 heteroatoms. The van der Waals surface area contributed by atoms with Crippen LogP contribution in [0, 0.1) is 29.0 Å². The predicted molar refractivity (Wildman–Crippen MR) is 200 cm³/mol. The second kappa shape index (κ2) is 15.9. The molecule has 5 rings (SSSR count). The Morgan fingerprint density at radius 1 is 1.09 bits per heavy atom. The average Bonchev–Trinajstić information content (AvgIpc) is 3.98. The van der Waals surface area contributed by atoms with E-state index in [1.165, 1.54) is 23.1 Å². The lowest BCUT2D eigenvalue weighted by molar-refractivity contribution is -0.141. The molecule has 0 bridgehead atoms. The zero-order valence-electron chi connectivity index (χ0n) is 32.5. The molecule has 0 aromatic heterocycles. The first kappa shape index (κ1) is 42.2. The van der Waals surface area contributed by atoms with E-state index in [4.69, 9.17) is 9.47 Å². The second-order valence-corrected chi connectivity index (χ2v) is 18.8. The normalized spacial score (nSPS) is 23.4. The molecule has 5 atom stereocenters. The number of hydrogen-bond donors (Lipinski definition) is 3. The fourth-order valence-electron chi connectivity index (χ4n) is 6.62. The summed E-state index contributed by atoms with van der Waals surface area (Å²) in [4.78, 5) is 83.6. The highest BCUT2D eigenvalue weighted by Crippen LogP contribution is 2.45. The SMILES string of the molecule is C=CC1CC1(NC(=O)C1CC(OC(=O)N2Cc3cccc(F)c3C2)CN1C(=O)C(CCC(=O)C#CC(C)(C)C)NC(=O)OC(C)(C)C)C(=O)NS(=O)(=O)C1CC1. The van der Waals surface area contributed by atoms with Gasteiger partial charge in [0, 0.05) is 36.3 Å². The van der Waals surface area contributed by atoms with Crippen LogP contribution in [0.1, 0.15) is 91.2 Å². The molecule has 2 aliphatic carbocycles. The zero-order chi connectivity index (χ0) is 41.4. The number of sulfonamides is 1. The monoisotopic (exact) mass is 799 g/mol. The van der Waals surface area contributed by atoms with Crippen LogP contribution in [0.15, 0.2) is 30.9 Å². The molecule has 1 aromatic rings. The molecule has 2 heterocycles. The Morgan fingerprint density at radius 3 is 2.38 bits per heavy atom. The van der Waals surface area contributed by atoms with Crippen molar-refractivity contribution in [3.8, 4) is 11.8 Å². The summed E-state index contributed by atoms with van der Waals surface area (Å²) in [7, 11) is -3.98. The average molecular weight is 800 g/mol. The van der Waals surface area contributed by atoms with E-state index in [2.05, 4.69) is 33.8 Å². The van der Waals surface area contributed by atoms with E-state index >= 15 is 0 Å². The molecule has 2 saturated carbocycles. The zero-order valence-corrected chi connectivity index (χ0v) is 33.3. The number of ketones is 1. The molecule has 0 spiro atoms. The van der Waals surface area contributed by atoms with Crippen LogP contribution in [0.4, 0.5) is 14.0 Å². The van der Waals surface area contributed by atoms with Crippen LogP contribution in [0.2, 0.25) is 0 Å². The van der Waals surface area contributed by atoms with Crippen molar-refractivity contribution in [2.75, 3.05) is 6.54 Å². The molecule has 3 N–H and O–H groups in total.